The third kappa shape index (κ3) is 3.40. The van der Waals surface area contributed by atoms with Crippen molar-refractivity contribution >= 4 is 16.8 Å². The van der Waals surface area contributed by atoms with Gasteiger partial charge in [0.15, 0.2) is 5.43 Å². The predicted molar refractivity (Wildman–Crippen MR) is 116 cm³/mol. The maximum absolute atomic E-state index is 13.8. The normalized spacial score (nSPS) is 20.2. The van der Waals surface area contributed by atoms with Gasteiger partial charge in [-0.3, -0.25) is 19.3 Å². The molecule has 0 unspecified atom stereocenters. The van der Waals surface area contributed by atoms with E-state index in [2.05, 4.69) is 16.9 Å². The number of aromatic amines is 1. The van der Waals surface area contributed by atoms with Gasteiger partial charge in [-0.2, -0.15) is 5.10 Å². The lowest BCUT2D eigenvalue weighted by molar-refractivity contribution is -0.0449. The molecule has 7 nitrogen and oxygen atoms in total. The Kier molecular flexibility index (Phi) is 4.69. The Morgan fingerprint density at radius 2 is 1.94 bits per heavy atom. The van der Waals surface area contributed by atoms with E-state index in [1.807, 2.05) is 10.7 Å². The second-order valence-corrected chi connectivity index (χ2v) is 9.35. The minimum atomic E-state index is -2.64. The van der Waals surface area contributed by atoms with Gasteiger partial charge in [0, 0.05) is 30.5 Å². The number of nitrogens with two attached hydrogens (primary N) is 1. The number of primary amides is 1. The Morgan fingerprint density at radius 3 is 2.56 bits per heavy atom. The number of nitrogens with one attached hydrogen (secondary N) is 1. The number of alkyl halides is 2. The first kappa shape index (κ1) is 20.8. The van der Waals surface area contributed by atoms with Crippen molar-refractivity contribution in [3.63, 3.8) is 0 Å². The van der Waals surface area contributed by atoms with E-state index in [0.29, 0.717) is 29.7 Å². The summed E-state index contributed by atoms with van der Waals surface area (Å²) in [5, 5.41) is 5.01. The number of pyridine rings is 2. The van der Waals surface area contributed by atoms with Crippen LogP contribution in [0.3, 0.4) is 0 Å². The summed E-state index contributed by atoms with van der Waals surface area (Å²) in [6.07, 6.45) is 4.89. The molecule has 0 spiro atoms. The van der Waals surface area contributed by atoms with Crippen molar-refractivity contribution in [2.45, 2.75) is 69.2 Å². The van der Waals surface area contributed by atoms with Gasteiger partial charge in [-0.15, -0.1) is 0 Å². The third-order valence-electron chi connectivity index (χ3n) is 7.10. The van der Waals surface area contributed by atoms with Crippen molar-refractivity contribution in [2.24, 2.45) is 5.73 Å². The molecule has 0 saturated heterocycles. The molecule has 0 aliphatic heterocycles. The van der Waals surface area contributed by atoms with E-state index in [1.165, 1.54) is 12.3 Å². The number of carbonyl (C=O) groups excluding carboxylic acids is 1. The Morgan fingerprint density at radius 1 is 1.22 bits per heavy atom. The molecule has 32 heavy (non-hydrogen) atoms. The average molecular weight is 441 g/mol. The van der Waals surface area contributed by atoms with Crippen molar-refractivity contribution in [3.05, 3.63) is 46.0 Å². The average Bonchev–Trinajstić information content (AvgIpc) is 3.17. The van der Waals surface area contributed by atoms with Crippen LogP contribution in [0.25, 0.3) is 22.3 Å². The summed E-state index contributed by atoms with van der Waals surface area (Å²) in [5.74, 6) is -3.41. The number of rotatable bonds is 4. The lowest BCUT2D eigenvalue weighted by atomic mass is 9.68. The summed E-state index contributed by atoms with van der Waals surface area (Å²) >= 11 is 0. The molecule has 5 rings (SSSR count). The lowest BCUT2D eigenvalue weighted by Crippen LogP contribution is -2.31. The number of amides is 1. The molecule has 3 heterocycles. The number of aromatic nitrogens is 4. The molecule has 0 bridgehead atoms. The quantitative estimate of drug-likeness (QED) is 0.636. The molecule has 0 atom stereocenters. The Labute approximate surface area is 183 Å². The molecule has 2 fully saturated rings. The van der Waals surface area contributed by atoms with Crippen molar-refractivity contribution in [1.29, 1.82) is 0 Å². The van der Waals surface area contributed by atoms with Crippen LogP contribution in [-0.2, 0) is 5.41 Å². The Balaban J connectivity index is 1.65. The van der Waals surface area contributed by atoms with Crippen molar-refractivity contribution in [1.82, 2.24) is 19.7 Å². The third-order valence-corrected chi connectivity index (χ3v) is 7.10. The molecule has 0 aromatic carbocycles. The molecular formula is C23H25F2N5O2. The van der Waals surface area contributed by atoms with Gasteiger partial charge in [0.2, 0.25) is 5.92 Å². The Bertz CT molecular complexity index is 1270. The van der Waals surface area contributed by atoms with Crippen LogP contribution in [0.15, 0.2) is 29.2 Å². The van der Waals surface area contributed by atoms with Gasteiger partial charge in [-0.25, -0.2) is 8.78 Å². The minimum absolute atomic E-state index is 0.0429. The SMILES string of the molecule is CC1(c2cc(-c3cc(=O)c4c(C(N)=O)nccc4[nH]3)n(C3CCC(F)(F)CC3)n2)CCC1. The van der Waals surface area contributed by atoms with E-state index in [0.717, 1.165) is 25.0 Å². The van der Waals surface area contributed by atoms with E-state index in [4.69, 9.17) is 10.8 Å². The zero-order valence-electron chi connectivity index (χ0n) is 17.8. The molecule has 9 heteroatoms. The van der Waals surface area contributed by atoms with Gasteiger partial charge in [0.25, 0.3) is 5.91 Å². The lowest BCUT2D eigenvalue weighted by Gasteiger charge is -2.36. The summed E-state index contributed by atoms with van der Waals surface area (Å²) in [5.41, 5.74) is 7.47. The number of hydrogen-bond acceptors (Lipinski definition) is 4. The Hall–Kier alpha value is -3.10. The highest BCUT2D eigenvalue weighted by Crippen LogP contribution is 2.45. The smallest absolute Gasteiger partial charge is 0.268 e. The van der Waals surface area contributed by atoms with Crippen LogP contribution in [-0.4, -0.2) is 31.6 Å². The number of fused-ring (bicyclic) bond motifs is 1. The molecule has 0 radical (unpaired) electrons. The van der Waals surface area contributed by atoms with Gasteiger partial charge in [-0.1, -0.05) is 13.3 Å². The molecule has 3 aromatic heterocycles. The molecule has 1 amide bonds. The maximum Gasteiger partial charge on any atom is 0.268 e. The van der Waals surface area contributed by atoms with Gasteiger partial charge in [0.05, 0.1) is 34.0 Å². The fourth-order valence-electron chi connectivity index (χ4n) is 4.93. The second kappa shape index (κ2) is 7.21. The first-order valence-electron chi connectivity index (χ1n) is 11.0. The van der Waals surface area contributed by atoms with Gasteiger partial charge in [0.1, 0.15) is 5.69 Å². The zero-order chi connectivity index (χ0) is 22.7. The van der Waals surface area contributed by atoms with Crippen LogP contribution >= 0.6 is 0 Å². The van der Waals surface area contributed by atoms with E-state index < -0.39 is 11.8 Å². The number of nitrogens with zero attached hydrogens (tertiary/aromatic N) is 3. The fourth-order valence-corrected chi connectivity index (χ4v) is 4.93. The monoisotopic (exact) mass is 441 g/mol. The van der Waals surface area contributed by atoms with E-state index >= 15 is 0 Å². The van der Waals surface area contributed by atoms with Crippen LogP contribution in [0.5, 0.6) is 0 Å². The number of halogens is 2. The van der Waals surface area contributed by atoms with E-state index in [-0.39, 0.29) is 40.8 Å². The molecule has 3 N–H and O–H groups in total. The standard InChI is InChI=1S/C23H25F2N5O2/c1-22(6-2-7-22)18-12-16(30(29-18)13-3-8-23(24,25)9-4-13)15-11-17(31)19-14(28-15)5-10-27-20(19)21(26)32/h5,10-13H,2-4,6-9H2,1H3,(H2,26,32)(H,28,31). The summed E-state index contributed by atoms with van der Waals surface area (Å²) < 4.78 is 29.4. The molecule has 2 aliphatic rings. The number of carbonyl (C=O) groups is 1. The predicted octanol–water partition coefficient (Wildman–Crippen LogP) is 4.08. The van der Waals surface area contributed by atoms with Crippen molar-refractivity contribution in [2.75, 3.05) is 0 Å². The largest absolute Gasteiger partial charge is 0.364 e. The highest BCUT2D eigenvalue weighted by atomic mass is 19.3. The van der Waals surface area contributed by atoms with Crippen molar-refractivity contribution < 1.29 is 13.6 Å². The van der Waals surface area contributed by atoms with Crippen LogP contribution in [0, 0.1) is 0 Å². The minimum Gasteiger partial charge on any atom is -0.364 e. The first-order chi connectivity index (χ1) is 15.2. The van der Waals surface area contributed by atoms with Crippen LogP contribution in [0.1, 0.15) is 74.1 Å². The van der Waals surface area contributed by atoms with Gasteiger partial charge in [-0.05, 0) is 37.8 Å². The molecule has 2 aliphatic carbocycles. The topological polar surface area (TPSA) is 107 Å². The van der Waals surface area contributed by atoms with Crippen molar-refractivity contribution in [3.8, 4) is 11.4 Å². The number of hydrogen-bond donors (Lipinski definition) is 2. The summed E-state index contributed by atoms with van der Waals surface area (Å²) in [4.78, 5) is 31.8. The summed E-state index contributed by atoms with van der Waals surface area (Å²) in [6.45, 7) is 2.16. The molecule has 3 aromatic rings. The molecule has 168 valence electrons. The summed E-state index contributed by atoms with van der Waals surface area (Å²) in [7, 11) is 0. The second-order valence-electron chi connectivity index (χ2n) is 9.35. The first-order valence-corrected chi connectivity index (χ1v) is 11.0. The van der Waals surface area contributed by atoms with Gasteiger partial charge >= 0.3 is 0 Å². The van der Waals surface area contributed by atoms with Crippen LogP contribution < -0.4 is 11.2 Å². The maximum atomic E-state index is 13.8. The molecular weight excluding hydrogens is 416 g/mol. The summed E-state index contributed by atoms with van der Waals surface area (Å²) in [6, 6.07) is 4.83. The highest BCUT2D eigenvalue weighted by Gasteiger charge is 2.40. The number of H-pyrrole nitrogens is 1. The van der Waals surface area contributed by atoms with E-state index in [9.17, 15) is 18.4 Å². The van der Waals surface area contributed by atoms with Crippen LogP contribution in [0.2, 0.25) is 0 Å². The highest BCUT2D eigenvalue weighted by molar-refractivity contribution is 6.03. The molecule has 2 saturated carbocycles. The zero-order valence-corrected chi connectivity index (χ0v) is 17.8. The van der Waals surface area contributed by atoms with E-state index in [1.54, 1.807) is 6.07 Å². The van der Waals surface area contributed by atoms with Gasteiger partial charge < -0.3 is 10.7 Å². The fraction of sp³-hybridized carbons (Fsp3) is 0.478. The van der Waals surface area contributed by atoms with Crippen LogP contribution in [0.4, 0.5) is 8.78 Å².